The monoisotopic (exact) mass is 212 g/mol. The van der Waals surface area contributed by atoms with Gasteiger partial charge in [-0.05, 0) is 43.8 Å². The summed E-state index contributed by atoms with van der Waals surface area (Å²) in [6.07, 6.45) is 7.97. The van der Waals surface area contributed by atoms with Gasteiger partial charge < -0.3 is 10.6 Å². The maximum atomic E-state index is 5.28. The fourth-order valence-corrected chi connectivity index (χ4v) is 2.47. The number of hydrogen-bond acceptors (Lipinski definition) is 1. The molecule has 2 saturated carbocycles. The van der Waals surface area contributed by atoms with Gasteiger partial charge in [-0.2, -0.15) is 0 Å². The van der Waals surface area contributed by atoms with E-state index in [0.717, 1.165) is 11.0 Å². The van der Waals surface area contributed by atoms with Crippen molar-refractivity contribution in [2.45, 2.75) is 57.5 Å². The molecule has 3 heteroatoms. The molecular formula is C11H20N2S. The Hall–Kier alpha value is -0.310. The van der Waals surface area contributed by atoms with Gasteiger partial charge in [0.05, 0.1) is 0 Å². The standard InChI is InChI=1S/C11H20N2S/c1-8-4-2-3-5-10(8)13-11(14)12-9-6-7-9/h8-10H,2-7H2,1H3,(H2,12,13,14)/t8-,10+/m0/s1. The number of hydrogen-bond donors (Lipinski definition) is 2. The van der Waals surface area contributed by atoms with E-state index >= 15 is 0 Å². The zero-order valence-corrected chi connectivity index (χ0v) is 9.70. The van der Waals surface area contributed by atoms with Crippen molar-refractivity contribution in [2.75, 3.05) is 0 Å². The molecule has 0 radical (unpaired) electrons. The van der Waals surface area contributed by atoms with E-state index in [4.69, 9.17) is 12.2 Å². The van der Waals surface area contributed by atoms with Crippen molar-refractivity contribution in [3.05, 3.63) is 0 Å². The van der Waals surface area contributed by atoms with Crippen molar-refractivity contribution in [2.24, 2.45) is 5.92 Å². The summed E-state index contributed by atoms with van der Waals surface area (Å²) in [5.74, 6) is 0.780. The van der Waals surface area contributed by atoms with E-state index in [2.05, 4.69) is 17.6 Å². The number of rotatable bonds is 2. The van der Waals surface area contributed by atoms with Crippen LogP contribution < -0.4 is 10.6 Å². The minimum Gasteiger partial charge on any atom is -0.360 e. The molecule has 2 atom stereocenters. The van der Waals surface area contributed by atoms with Gasteiger partial charge in [-0.1, -0.05) is 19.8 Å². The first-order chi connectivity index (χ1) is 6.75. The summed E-state index contributed by atoms with van der Waals surface area (Å²) in [5, 5.41) is 7.68. The van der Waals surface area contributed by atoms with Gasteiger partial charge in [-0.25, -0.2) is 0 Å². The SMILES string of the molecule is C[C@H]1CCCC[C@H]1NC(=S)NC1CC1. The molecule has 0 bridgehead atoms. The number of thiocarbonyl (C=S) groups is 1. The van der Waals surface area contributed by atoms with Crippen LogP contribution in [0.4, 0.5) is 0 Å². The Bertz CT molecular complexity index is 213. The fourth-order valence-electron chi connectivity index (χ4n) is 2.15. The molecule has 0 heterocycles. The Morgan fingerprint density at radius 3 is 2.43 bits per heavy atom. The van der Waals surface area contributed by atoms with Gasteiger partial charge in [-0.3, -0.25) is 0 Å². The van der Waals surface area contributed by atoms with Gasteiger partial charge in [0.25, 0.3) is 0 Å². The molecule has 14 heavy (non-hydrogen) atoms. The molecule has 2 aliphatic carbocycles. The van der Waals surface area contributed by atoms with Gasteiger partial charge >= 0.3 is 0 Å². The highest BCUT2D eigenvalue weighted by Gasteiger charge is 2.25. The molecule has 80 valence electrons. The van der Waals surface area contributed by atoms with Gasteiger partial charge in [-0.15, -0.1) is 0 Å². The molecule has 2 N–H and O–H groups in total. The molecule has 0 unspecified atom stereocenters. The Morgan fingerprint density at radius 2 is 1.79 bits per heavy atom. The van der Waals surface area contributed by atoms with Gasteiger partial charge in [0.1, 0.15) is 0 Å². The van der Waals surface area contributed by atoms with Crippen LogP contribution >= 0.6 is 12.2 Å². The largest absolute Gasteiger partial charge is 0.360 e. The van der Waals surface area contributed by atoms with Crippen molar-refractivity contribution < 1.29 is 0 Å². The topological polar surface area (TPSA) is 24.1 Å². The molecule has 0 spiro atoms. The Morgan fingerprint density at radius 1 is 1.07 bits per heavy atom. The molecule has 2 aliphatic rings. The van der Waals surface area contributed by atoms with Gasteiger partial charge in [0.2, 0.25) is 0 Å². The second-order valence-electron chi connectivity index (χ2n) is 4.76. The summed E-state index contributed by atoms with van der Waals surface area (Å²) in [7, 11) is 0. The zero-order valence-electron chi connectivity index (χ0n) is 8.88. The lowest BCUT2D eigenvalue weighted by atomic mass is 9.86. The summed E-state index contributed by atoms with van der Waals surface area (Å²) in [4.78, 5) is 0. The average Bonchev–Trinajstić information content (AvgIpc) is 2.93. The molecule has 0 saturated heterocycles. The molecular weight excluding hydrogens is 192 g/mol. The van der Waals surface area contributed by atoms with Crippen molar-refractivity contribution in [3.8, 4) is 0 Å². The van der Waals surface area contributed by atoms with Crippen LogP contribution in [0.2, 0.25) is 0 Å². The van der Waals surface area contributed by atoms with Crippen LogP contribution in [-0.2, 0) is 0 Å². The van der Waals surface area contributed by atoms with Crippen LogP contribution in [-0.4, -0.2) is 17.2 Å². The smallest absolute Gasteiger partial charge is 0.166 e. The van der Waals surface area contributed by atoms with Crippen LogP contribution in [0.3, 0.4) is 0 Å². The van der Waals surface area contributed by atoms with E-state index < -0.39 is 0 Å². The minimum atomic E-state index is 0.613. The number of nitrogens with one attached hydrogen (secondary N) is 2. The van der Waals surface area contributed by atoms with E-state index in [1.165, 1.54) is 38.5 Å². The normalized spacial score (nSPS) is 32.4. The summed E-state index contributed by atoms with van der Waals surface area (Å²) in [6.45, 7) is 2.33. The van der Waals surface area contributed by atoms with Crippen molar-refractivity contribution in [3.63, 3.8) is 0 Å². The Labute approximate surface area is 91.8 Å². The summed E-state index contributed by atoms with van der Waals surface area (Å²) in [5.41, 5.74) is 0. The van der Waals surface area contributed by atoms with E-state index in [1.807, 2.05) is 0 Å². The average molecular weight is 212 g/mol. The van der Waals surface area contributed by atoms with Crippen LogP contribution in [0.5, 0.6) is 0 Å². The third kappa shape index (κ3) is 2.84. The quantitative estimate of drug-likeness (QED) is 0.686. The second kappa shape index (κ2) is 4.47. The highest BCUT2D eigenvalue weighted by Crippen LogP contribution is 2.24. The van der Waals surface area contributed by atoms with Crippen LogP contribution in [0.25, 0.3) is 0 Å². The summed E-state index contributed by atoms with van der Waals surface area (Å²) in [6, 6.07) is 1.29. The van der Waals surface area contributed by atoms with Crippen LogP contribution in [0, 0.1) is 5.92 Å². The summed E-state index contributed by atoms with van der Waals surface area (Å²) < 4.78 is 0. The van der Waals surface area contributed by atoms with Crippen molar-refractivity contribution in [1.29, 1.82) is 0 Å². The van der Waals surface area contributed by atoms with Gasteiger partial charge in [0.15, 0.2) is 5.11 Å². The predicted octanol–water partition coefficient (Wildman–Crippen LogP) is 2.19. The first-order valence-corrected chi connectivity index (χ1v) is 6.23. The first kappa shape index (κ1) is 10.2. The second-order valence-corrected chi connectivity index (χ2v) is 5.17. The van der Waals surface area contributed by atoms with E-state index in [1.54, 1.807) is 0 Å². The third-order valence-corrected chi connectivity index (χ3v) is 3.58. The van der Waals surface area contributed by atoms with E-state index in [9.17, 15) is 0 Å². The fraction of sp³-hybridized carbons (Fsp3) is 0.909. The maximum Gasteiger partial charge on any atom is 0.166 e. The molecule has 2 nitrogen and oxygen atoms in total. The molecule has 2 fully saturated rings. The lowest BCUT2D eigenvalue weighted by molar-refractivity contribution is 0.308. The van der Waals surface area contributed by atoms with E-state index in [0.29, 0.717) is 12.1 Å². The molecule has 2 rings (SSSR count). The Balaban J connectivity index is 1.73. The molecule has 0 aliphatic heterocycles. The highest BCUT2D eigenvalue weighted by atomic mass is 32.1. The summed E-state index contributed by atoms with van der Waals surface area (Å²) >= 11 is 5.28. The lowest BCUT2D eigenvalue weighted by Crippen LogP contribution is -2.46. The molecule has 0 aromatic carbocycles. The molecule has 0 amide bonds. The van der Waals surface area contributed by atoms with Crippen LogP contribution in [0.15, 0.2) is 0 Å². The lowest BCUT2D eigenvalue weighted by Gasteiger charge is -2.30. The third-order valence-electron chi connectivity index (χ3n) is 3.34. The Kier molecular flexibility index (Phi) is 3.26. The van der Waals surface area contributed by atoms with Crippen molar-refractivity contribution >= 4 is 17.3 Å². The molecule has 0 aromatic heterocycles. The molecule has 0 aromatic rings. The zero-order chi connectivity index (χ0) is 9.97. The minimum absolute atomic E-state index is 0.613. The van der Waals surface area contributed by atoms with Gasteiger partial charge in [0, 0.05) is 12.1 Å². The predicted molar refractivity (Wildman–Crippen MR) is 63.3 cm³/mol. The van der Waals surface area contributed by atoms with E-state index in [-0.39, 0.29) is 0 Å². The first-order valence-electron chi connectivity index (χ1n) is 5.83. The maximum absolute atomic E-state index is 5.28. The van der Waals surface area contributed by atoms with Crippen molar-refractivity contribution in [1.82, 2.24) is 10.6 Å². The van der Waals surface area contributed by atoms with Crippen LogP contribution in [0.1, 0.15) is 45.4 Å². The highest BCUT2D eigenvalue weighted by molar-refractivity contribution is 7.80.